The number of carbonyl (C=O) groups is 2. The zero-order valence-electron chi connectivity index (χ0n) is 38.4. The highest BCUT2D eigenvalue weighted by atomic mass is 16.7. The lowest BCUT2D eigenvalue weighted by molar-refractivity contribution is -0.146. The van der Waals surface area contributed by atoms with Crippen LogP contribution in [0.4, 0.5) is 10.5 Å². The first-order chi connectivity index (χ1) is 30.2. The molecule has 0 spiro atoms. The van der Waals surface area contributed by atoms with E-state index in [0.717, 1.165) is 58.0 Å². The van der Waals surface area contributed by atoms with Gasteiger partial charge in [-0.05, 0) is 132 Å². The van der Waals surface area contributed by atoms with E-state index in [4.69, 9.17) is 28.5 Å². The van der Waals surface area contributed by atoms with E-state index in [2.05, 4.69) is 54.8 Å². The van der Waals surface area contributed by atoms with Crippen molar-refractivity contribution in [2.45, 2.75) is 131 Å². The maximum absolute atomic E-state index is 13.5. The number of anilines is 1. The van der Waals surface area contributed by atoms with Crippen LogP contribution < -0.4 is 20.8 Å². The smallest absolute Gasteiger partial charge is 0.488 e. The van der Waals surface area contributed by atoms with Crippen molar-refractivity contribution in [3.05, 3.63) is 130 Å². The standard InChI is InChI=1S/C52H64BN3O7/c1-34(2)28-37-18-22-39(23-19-37)36(4)49(57)60-32-40-29-35(3)30-41(48(40)59-31-38-20-24-42(25-21-38)53-62-51(5,6)52(7,8)63-53)33-61-50(58)55-27-13-26-54-47-43-14-9-11-16-45(43)56-46-17-12-10-15-44(46)47/h9,11,14,16,18-25,29-30,34,36H,10,12-13,15,17,26-28,31-33H2,1-8H3,(H,54,56)(H,55,58). The fourth-order valence-electron chi connectivity index (χ4n) is 8.32. The lowest BCUT2D eigenvalue weighted by Gasteiger charge is -2.32. The summed E-state index contributed by atoms with van der Waals surface area (Å²) in [6.07, 6.45) is 5.54. The summed E-state index contributed by atoms with van der Waals surface area (Å²) in [5.74, 6) is 0.276. The molecular weight excluding hydrogens is 789 g/mol. The number of ether oxygens (including phenoxy) is 3. The zero-order chi connectivity index (χ0) is 44.7. The van der Waals surface area contributed by atoms with Crippen LogP contribution in [0.15, 0.2) is 84.9 Å². The van der Waals surface area contributed by atoms with Crippen LogP contribution in [0.3, 0.4) is 0 Å². The highest BCUT2D eigenvalue weighted by Gasteiger charge is 2.51. The number of para-hydroxylation sites is 1. The van der Waals surface area contributed by atoms with Crippen LogP contribution >= 0.6 is 0 Å². The van der Waals surface area contributed by atoms with E-state index in [-0.39, 0.29) is 25.8 Å². The molecule has 332 valence electrons. The van der Waals surface area contributed by atoms with Gasteiger partial charge in [0.15, 0.2) is 0 Å². The van der Waals surface area contributed by atoms with E-state index in [0.29, 0.717) is 42.3 Å². The van der Waals surface area contributed by atoms with E-state index >= 15 is 0 Å². The molecule has 4 aromatic carbocycles. The van der Waals surface area contributed by atoms with Gasteiger partial charge in [-0.2, -0.15) is 0 Å². The highest BCUT2D eigenvalue weighted by Crippen LogP contribution is 2.37. The maximum atomic E-state index is 13.5. The number of nitrogens with zero attached hydrogens (tertiary/aromatic N) is 1. The van der Waals surface area contributed by atoms with E-state index in [1.165, 1.54) is 29.7 Å². The van der Waals surface area contributed by atoms with E-state index < -0.39 is 30.3 Å². The molecule has 1 saturated heterocycles. The summed E-state index contributed by atoms with van der Waals surface area (Å²) in [6.45, 7) is 17.7. The predicted octanol–water partition coefficient (Wildman–Crippen LogP) is 10.1. The number of fused-ring (bicyclic) bond motifs is 2. The van der Waals surface area contributed by atoms with Gasteiger partial charge < -0.3 is 34.2 Å². The molecule has 7 rings (SSSR count). The number of hydrogen-bond acceptors (Lipinski definition) is 9. The number of benzene rings is 4. The number of rotatable bonds is 17. The quantitative estimate of drug-likeness (QED) is 0.0536. The Labute approximate surface area is 373 Å². The van der Waals surface area contributed by atoms with Crippen LogP contribution in [0.2, 0.25) is 0 Å². The van der Waals surface area contributed by atoms with Crippen molar-refractivity contribution >= 4 is 41.2 Å². The number of nitrogens with one attached hydrogen (secondary N) is 2. The zero-order valence-corrected chi connectivity index (χ0v) is 38.4. The van der Waals surface area contributed by atoms with Crippen LogP contribution in [0.25, 0.3) is 10.9 Å². The van der Waals surface area contributed by atoms with Crippen molar-refractivity contribution in [3.63, 3.8) is 0 Å². The predicted molar refractivity (Wildman–Crippen MR) is 251 cm³/mol. The number of alkyl carbamates (subject to hydrolysis) is 1. The van der Waals surface area contributed by atoms with E-state index in [1.54, 1.807) is 0 Å². The van der Waals surface area contributed by atoms with Crippen molar-refractivity contribution in [1.82, 2.24) is 10.3 Å². The molecule has 2 N–H and O–H groups in total. The number of pyridine rings is 1. The molecule has 1 unspecified atom stereocenters. The van der Waals surface area contributed by atoms with Gasteiger partial charge in [0.25, 0.3) is 0 Å². The summed E-state index contributed by atoms with van der Waals surface area (Å²) < 4.78 is 30.8. The number of hydrogen-bond donors (Lipinski definition) is 2. The second-order valence-electron chi connectivity index (χ2n) is 18.6. The SMILES string of the molecule is Cc1cc(COC(=O)NCCCNc2c3c(nc4ccccc24)CCCC3)c(OCc2ccc(B3OC(C)(C)C(C)(C)O3)cc2)c(COC(=O)C(C)c2ccc(CC(C)C)cc2)c1. The van der Waals surface area contributed by atoms with Gasteiger partial charge in [0.1, 0.15) is 25.6 Å². The summed E-state index contributed by atoms with van der Waals surface area (Å²) in [7, 11) is -0.470. The van der Waals surface area contributed by atoms with Crippen molar-refractivity contribution in [2.75, 3.05) is 18.4 Å². The molecule has 1 amide bonds. The first kappa shape index (κ1) is 45.6. The van der Waals surface area contributed by atoms with Crippen molar-refractivity contribution in [2.24, 2.45) is 5.92 Å². The van der Waals surface area contributed by atoms with Crippen molar-refractivity contribution < 1.29 is 33.1 Å². The largest absolute Gasteiger partial charge is 0.494 e. The topological polar surface area (TPSA) is 117 Å². The molecule has 0 radical (unpaired) electrons. The third kappa shape index (κ3) is 11.2. The first-order valence-corrected chi connectivity index (χ1v) is 22.7. The van der Waals surface area contributed by atoms with E-state index in [1.807, 2.05) is 96.1 Å². The maximum Gasteiger partial charge on any atom is 0.494 e. The number of amides is 1. The van der Waals surface area contributed by atoms with Gasteiger partial charge in [-0.15, -0.1) is 0 Å². The minimum atomic E-state index is -0.520. The molecule has 1 aromatic heterocycles. The monoisotopic (exact) mass is 853 g/mol. The van der Waals surface area contributed by atoms with Crippen molar-refractivity contribution in [3.8, 4) is 5.75 Å². The van der Waals surface area contributed by atoms with Gasteiger partial charge in [-0.25, -0.2) is 4.79 Å². The summed E-state index contributed by atoms with van der Waals surface area (Å²) in [6, 6.07) is 28.3. The minimum Gasteiger partial charge on any atom is -0.488 e. The normalized spacial score (nSPS) is 15.8. The average Bonchev–Trinajstić information content (AvgIpc) is 3.49. The second kappa shape index (κ2) is 20.0. The third-order valence-corrected chi connectivity index (χ3v) is 12.6. The van der Waals surface area contributed by atoms with Crippen LogP contribution in [-0.4, -0.2) is 48.5 Å². The number of aryl methyl sites for hydroxylation is 2. The third-order valence-electron chi connectivity index (χ3n) is 12.6. The molecule has 1 aliphatic carbocycles. The second-order valence-corrected chi connectivity index (χ2v) is 18.6. The molecule has 5 aromatic rings. The fraction of sp³-hybridized carbons (Fsp3) is 0.442. The Bertz CT molecular complexity index is 2360. The van der Waals surface area contributed by atoms with Crippen LogP contribution in [0.5, 0.6) is 5.75 Å². The van der Waals surface area contributed by atoms with Crippen molar-refractivity contribution in [1.29, 1.82) is 0 Å². The molecule has 10 nitrogen and oxygen atoms in total. The summed E-state index contributed by atoms with van der Waals surface area (Å²) in [4.78, 5) is 31.5. The Morgan fingerprint density at radius 2 is 1.44 bits per heavy atom. The molecule has 1 fully saturated rings. The Kier molecular flexibility index (Phi) is 14.5. The van der Waals surface area contributed by atoms with E-state index in [9.17, 15) is 9.59 Å². The molecule has 11 heteroatoms. The molecule has 1 aliphatic heterocycles. The van der Waals surface area contributed by atoms with Gasteiger partial charge in [0.05, 0.1) is 22.6 Å². The molecule has 1 atom stereocenters. The Morgan fingerprint density at radius 3 is 2.14 bits per heavy atom. The lowest BCUT2D eigenvalue weighted by Crippen LogP contribution is -2.41. The van der Waals surface area contributed by atoms with Gasteiger partial charge in [-0.1, -0.05) is 86.1 Å². The van der Waals surface area contributed by atoms with Crippen LogP contribution in [-0.2, 0) is 62.7 Å². The van der Waals surface area contributed by atoms with Crippen LogP contribution in [0, 0.1) is 12.8 Å². The number of esters is 1. The van der Waals surface area contributed by atoms with Gasteiger partial charge in [-0.3, -0.25) is 9.78 Å². The molecule has 63 heavy (non-hydrogen) atoms. The Balaban J connectivity index is 0.998. The van der Waals surface area contributed by atoms with Gasteiger partial charge >= 0.3 is 19.2 Å². The van der Waals surface area contributed by atoms with Crippen LogP contribution in [0.1, 0.15) is 118 Å². The lowest BCUT2D eigenvalue weighted by atomic mass is 9.79. The Hall–Kier alpha value is -5.39. The number of carbonyl (C=O) groups excluding carboxylic acids is 2. The number of aromatic nitrogens is 1. The summed E-state index contributed by atoms with van der Waals surface area (Å²) >= 11 is 0. The van der Waals surface area contributed by atoms with Gasteiger partial charge in [0, 0.05) is 41.0 Å². The fourth-order valence-corrected chi connectivity index (χ4v) is 8.32. The molecule has 2 aliphatic rings. The van der Waals surface area contributed by atoms with Gasteiger partial charge in [0.2, 0.25) is 0 Å². The average molecular weight is 854 g/mol. The summed E-state index contributed by atoms with van der Waals surface area (Å²) in [5, 5.41) is 7.72. The molecular formula is C52H64BN3O7. The summed E-state index contributed by atoms with van der Waals surface area (Å²) in [5.41, 5.74) is 10.1. The molecule has 0 saturated carbocycles. The minimum absolute atomic E-state index is 0.00530. The molecule has 0 bridgehead atoms. The molecule has 2 heterocycles. The first-order valence-electron chi connectivity index (χ1n) is 22.7. The Morgan fingerprint density at radius 1 is 0.794 bits per heavy atom. The highest BCUT2D eigenvalue weighted by molar-refractivity contribution is 6.62.